The smallest absolute Gasteiger partial charge is 0.331 e. The second-order valence-electron chi connectivity index (χ2n) is 30.3. The molecule has 5 rings (SSSR count). The summed E-state index contributed by atoms with van der Waals surface area (Å²) in [6.07, 6.45) is 14.1. The van der Waals surface area contributed by atoms with Gasteiger partial charge in [0.2, 0.25) is 0 Å². The van der Waals surface area contributed by atoms with Gasteiger partial charge in [-0.3, -0.25) is 0 Å². The van der Waals surface area contributed by atoms with Crippen LogP contribution in [0.2, 0.25) is 0 Å². The lowest BCUT2D eigenvalue weighted by Gasteiger charge is -2.38. The number of methoxy groups -OCH3 is 4. The van der Waals surface area contributed by atoms with Crippen molar-refractivity contribution in [2.24, 2.45) is 47.3 Å². The normalized spacial score (nSPS) is 41.1. The molecule has 564 valence electrons. The highest BCUT2D eigenvalue weighted by molar-refractivity contribution is 5.83. The third-order valence-corrected chi connectivity index (χ3v) is 22.3. The van der Waals surface area contributed by atoms with Gasteiger partial charge in [-0.15, -0.1) is 0 Å². The molecule has 0 radical (unpaired) electrons. The summed E-state index contributed by atoms with van der Waals surface area (Å²) in [6.45, 7) is 22.5. The van der Waals surface area contributed by atoms with E-state index < -0.39 is 133 Å². The molecule has 2 saturated heterocycles. The van der Waals surface area contributed by atoms with Crippen LogP contribution in [0.3, 0.4) is 0 Å². The fraction of sp³-hybridized carbons (Fsp3) is 0.821. The summed E-state index contributed by atoms with van der Waals surface area (Å²) in [6, 6.07) is 0. The molecule has 20 nitrogen and oxygen atoms in total. The quantitative estimate of drug-likeness (QED) is 0.0527. The predicted molar refractivity (Wildman–Crippen MR) is 377 cm³/mol. The van der Waals surface area contributed by atoms with Crippen molar-refractivity contribution in [3.05, 3.63) is 71.9 Å². The van der Waals surface area contributed by atoms with E-state index in [1.54, 1.807) is 54.4 Å². The number of aliphatic hydroxyl groups excluding tert-OH is 8. The lowest BCUT2D eigenvalue weighted by molar-refractivity contribution is -0.158. The van der Waals surface area contributed by atoms with Crippen LogP contribution in [0.1, 0.15) is 199 Å². The standard InChI is InChI=1S/C78H132O20/c1-45-23-29-57(79)37-59-19-17-21-61(95-59)41-71(91-15)52(8)68(82)44-70(84)54(10)78(56(12)76(88)48(4)28-32-64-40-66(90-14)36-50(6)94-64)98-74(86)34-26-46(2)24-30-58(80)38-60-20-18-22-62(96-60)42-72(92-16)51(7)67(81)43-69(83)53(9)77(97-73(85)33-25-45)55(11)75(87)47(3)27-31-63-39-65(89-13)35-49(5)93-63/h17-20,23-26,33-34,47-72,75-84,87-88H,21-22,27-32,35-44H2,1-16H3/b33-25+,34-26+,45-23+,46-24+/t47-,48-,49-,50-,51-,52-,53-,54-,55-,56-,57-,58-,59-,60-,61?,62?,63-,64-,65+,66+,67-,68-,69+,70+,71-,72+,75-,76-,77?,78?/m0/s1. The molecule has 0 saturated carbocycles. The van der Waals surface area contributed by atoms with E-state index in [9.17, 15) is 50.4 Å². The van der Waals surface area contributed by atoms with Gasteiger partial charge in [-0.1, -0.05) is 115 Å². The van der Waals surface area contributed by atoms with Crippen LogP contribution in [-0.4, -0.2) is 216 Å². The fourth-order valence-corrected chi connectivity index (χ4v) is 15.3. The van der Waals surface area contributed by atoms with Crippen LogP contribution in [-0.2, 0) is 57.0 Å². The Morgan fingerprint density at radius 1 is 0.449 bits per heavy atom. The molecule has 0 spiro atoms. The lowest BCUT2D eigenvalue weighted by atomic mass is 9.78. The summed E-state index contributed by atoms with van der Waals surface area (Å²) in [7, 11) is 6.58. The number of hydrogen-bond donors (Lipinski definition) is 8. The third-order valence-electron chi connectivity index (χ3n) is 22.3. The summed E-state index contributed by atoms with van der Waals surface area (Å²) in [5, 5.41) is 94.4. The monoisotopic (exact) mass is 1390 g/mol. The maximum atomic E-state index is 13.9. The predicted octanol–water partition coefficient (Wildman–Crippen LogP) is 10.1. The first-order valence-electron chi connectivity index (χ1n) is 37.1. The van der Waals surface area contributed by atoms with Crippen molar-refractivity contribution in [1.82, 2.24) is 0 Å². The second-order valence-corrected chi connectivity index (χ2v) is 30.3. The van der Waals surface area contributed by atoms with Gasteiger partial charge in [-0.25, -0.2) is 9.59 Å². The van der Waals surface area contributed by atoms with E-state index in [1.165, 1.54) is 12.2 Å². The van der Waals surface area contributed by atoms with E-state index in [1.807, 2.05) is 106 Å². The highest BCUT2D eigenvalue weighted by atomic mass is 16.6. The largest absolute Gasteiger partial charge is 0.458 e. The van der Waals surface area contributed by atoms with E-state index in [0.717, 1.165) is 25.7 Å². The number of ether oxygens (including phenoxy) is 10. The Labute approximate surface area is 587 Å². The molecule has 98 heavy (non-hydrogen) atoms. The number of aliphatic hydroxyl groups is 8. The molecular weight excluding hydrogens is 1260 g/mol. The van der Waals surface area contributed by atoms with E-state index >= 15 is 0 Å². The number of hydrogen-bond acceptors (Lipinski definition) is 20. The number of carbonyl (C=O) groups is 2. The molecule has 0 aliphatic carbocycles. The maximum Gasteiger partial charge on any atom is 0.331 e. The van der Waals surface area contributed by atoms with E-state index in [2.05, 4.69) is 0 Å². The van der Waals surface area contributed by atoms with Crippen molar-refractivity contribution in [3.8, 4) is 0 Å². The van der Waals surface area contributed by atoms with Crippen LogP contribution in [0.25, 0.3) is 0 Å². The number of fused-ring (bicyclic) bond motifs is 4. The van der Waals surface area contributed by atoms with Crippen LogP contribution in [0.15, 0.2) is 71.9 Å². The van der Waals surface area contributed by atoms with Crippen molar-refractivity contribution in [2.75, 3.05) is 28.4 Å². The summed E-state index contributed by atoms with van der Waals surface area (Å²) < 4.78 is 61.3. The van der Waals surface area contributed by atoms with Crippen molar-refractivity contribution in [1.29, 1.82) is 0 Å². The molecule has 0 aromatic carbocycles. The summed E-state index contributed by atoms with van der Waals surface area (Å²) in [5.41, 5.74) is 1.39. The Morgan fingerprint density at radius 3 is 1.15 bits per heavy atom. The van der Waals surface area contributed by atoms with Crippen LogP contribution in [0.4, 0.5) is 0 Å². The zero-order valence-electron chi connectivity index (χ0n) is 62.3. The minimum absolute atomic E-state index is 0.0293. The van der Waals surface area contributed by atoms with Gasteiger partial charge in [0.15, 0.2) is 0 Å². The van der Waals surface area contributed by atoms with Gasteiger partial charge in [0.25, 0.3) is 0 Å². The molecule has 4 bridgehead atoms. The Morgan fingerprint density at radius 2 is 0.806 bits per heavy atom. The van der Waals surface area contributed by atoms with E-state index in [4.69, 9.17) is 47.4 Å². The minimum atomic E-state index is -1.16. The van der Waals surface area contributed by atoms with Gasteiger partial charge in [0.05, 0.1) is 122 Å². The topological polar surface area (TPSA) is 288 Å². The van der Waals surface area contributed by atoms with E-state index in [-0.39, 0.29) is 99.2 Å². The fourth-order valence-electron chi connectivity index (χ4n) is 15.3. The van der Waals surface area contributed by atoms with Crippen molar-refractivity contribution in [2.45, 2.75) is 333 Å². The van der Waals surface area contributed by atoms with Crippen LogP contribution >= 0.6 is 0 Å². The first-order chi connectivity index (χ1) is 46.4. The minimum Gasteiger partial charge on any atom is -0.458 e. The van der Waals surface area contributed by atoms with Crippen molar-refractivity contribution in [3.63, 3.8) is 0 Å². The molecule has 5 aliphatic rings. The van der Waals surface area contributed by atoms with E-state index in [0.29, 0.717) is 62.5 Å². The Hall–Kier alpha value is -3.26. The molecule has 20 heteroatoms. The molecule has 8 N–H and O–H groups in total. The van der Waals surface area contributed by atoms with Gasteiger partial charge in [-0.05, 0) is 129 Å². The number of carbonyl (C=O) groups excluding carboxylic acids is 2. The van der Waals surface area contributed by atoms with Gasteiger partial charge >= 0.3 is 11.9 Å². The number of esters is 2. The van der Waals surface area contributed by atoms with Gasteiger partial charge in [-0.2, -0.15) is 0 Å². The lowest BCUT2D eigenvalue weighted by Crippen LogP contribution is -2.45. The molecular formula is C78H132O20. The third kappa shape index (κ3) is 28.1. The SMILES string of the molecule is CO[C@H]1C[C@H](CC[C@H](C)[C@H](O)[C@H](C)C2OC(=O)/C=C/C(C)=C/C[C@H](O)C[C@@H]3C=CCC(C[C@@H](OC)[C@@H](C)[C@@H](O)C[C@@H](O)[C@H](C)C([C@@H](C)[C@@H](O)[C@@H](C)CC[C@H]4C[C@H](OC)C[C@H](C)O4)OC(=O)/C=C/C(C)=C/C[C@H](O)C[C@@H]4C=CCC(C[C@H](OC)[C@@H](C)[C@@H](O)C[C@@H](O)[C@@H]2C)O4)O3)O[C@@H](C)C1. The number of rotatable bonds is 16. The molecule has 2 fully saturated rings. The zero-order chi connectivity index (χ0) is 72.5. The molecule has 4 unspecified atom stereocenters. The van der Waals surface area contributed by atoms with Gasteiger partial charge < -0.3 is 88.2 Å². The molecule has 5 aliphatic heterocycles. The van der Waals surface area contributed by atoms with Crippen molar-refractivity contribution < 1.29 is 97.8 Å². The average Bonchev–Trinajstić information content (AvgIpc) is 0.853. The first kappa shape index (κ1) is 85.4. The Bertz CT molecular complexity index is 2320. The average molecular weight is 1390 g/mol. The first-order valence-corrected chi connectivity index (χ1v) is 37.1. The maximum absolute atomic E-state index is 13.9. The van der Waals surface area contributed by atoms with Crippen LogP contribution in [0.5, 0.6) is 0 Å². The molecule has 0 aromatic rings. The molecule has 5 heterocycles. The molecule has 0 aromatic heterocycles. The highest BCUT2D eigenvalue weighted by Gasteiger charge is 2.42. The zero-order valence-corrected chi connectivity index (χ0v) is 62.3. The van der Waals surface area contributed by atoms with Crippen LogP contribution < -0.4 is 0 Å². The van der Waals surface area contributed by atoms with Gasteiger partial charge in [0.1, 0.15) is 12.2 Å². The number of allylic oxidation sites excluding steroid dienone is 4. The summed E-state index contributed by atoms with van der Waals surface area (Å²) in [4.78, 5) is 27.8. The Kier molecular flexibility index (Phi) is 37.6. The van der Waals surface area contributed by atoms with Crippen molar-refractivity contribution >= 4 is 11.9 Å². The highest BCUT2D eigenvalue weighted by Crippen LogP contribution is 2.37. The Balaban J connectivity index is 1.36. The number of cyclic esters (lactones) is 2. The summed E-state index contributed by atoms with van der Waals surface area (Å²) >= 11 is 0. The van der Waals surface area contributed by atoms with Gasteiger partial charge in [0, 0.05) is 102 Å². The summed E-state index contributed by atoms with van der Waals surface area (Å²) in [5.74, 6) is -5.50. The molecule has 30 atom stereocenters. The van der Waals surface area contributed by atoms with Crippen LogP contribution in [0, 0.1) is 47.3 Å². The molecule has 0 amide bonds. The second kappa shape index (κ2) is 43.1.